The number of rotatable bonds is 3. The van der Waals surface area contributed by atoms with E-state index in [1.807, 2.05) is 32.0 Å². The molecule has 3 heteroatoms. The molecule has 19 heavy (non-hydrogen) atoms. The second-order valence-corrected chi connectivity index (χ2v) is 5.07. The van der Waals surface area contributed by atoms with Gasteiger partial charge in [0, 0.05) is 11.1 Å². The highest BCUT2D eigenvalue weighted by Gasteiger charge is 2.19. The maximum absolute atomic E-state index is 13.9. The van der Waals surface area contributed by atoms with Crippen molar-refractivity contribution in [2.75, 3.05) is 7.11 Å². The summed E-state index contributed by atoms with van der Waals surface area (Å²) in [5.74, 6) is 0.376. The molecule has 0 saturated heterocycles. The standard InChI is InChI=1S/C16H16ClFO/c1-10-4-6-14(18)12(8-10)16(17)13-9-11(2)5-7-15(13)19-3/h4-9,16H,1-3H3. The minimum absolute atomic E-state index is 0.297. The van der Waals surface area contributed by atoms with E-state index in [1.165, 1.54) is 6.07 Å². The van der Waals surface area contributed by atoms with E-state index in [9.17, 15) is 4.39 Å². The molecule has 0 spiro atoms. The van der Waals surface area contributed by atoms with E-state index >= 15 is 0 Å². The minimum Gasteiger partial charge on any atom is -0.496 e. The smallest absolute Gasteiger partial charge is 0.128 e. The number of hydrogen-bond acceptors (Lipinski definition) is 1. The third kappa shape index (κ3) is 2.90. The normalized spacial score (nSPS) is 12.3. The lowest BCUT2D eigenvalue weighted by Crippen LogP contribution is -2.01. The molecule has 0 bridgehead atoms. The first-order valence-electron chi connectivity index (χ1n) is 6.07. The van der Waals surface area contributed by atoms with Crippen molar-refractivity contribution in [2.45, 2.75) is 19.2 Å². The van der Waals surface area contributed by atoms with Crippen LogP contribution in [0.5, 0.6) is 5.75 Å². The summed E-state index contributed by atoms with van der Waals surface area (Å²) in [4.78, 5) is 0. The predicted molar refractivity (Wildman–Crippen MR) is 76.6 cm³/mol. The Kier molecular flexibility index (Phi) is 4.11. The molecule has 1 nitrogen and oxygen atoms in total. The summed E-state index contributed by atoms with van der Waals surface area (Å²) >= 11 is 6.44. The zero-order valence-corrected chi connectivity index (χ0v) is 12.0. The Labute approximate surface area is 118 Å². The van der Waals surface area contributed by atoms with E-state index in [1.54, 1.807) is 19.2 Å². The lowest BCUT2D eigenvalue weighted by Gasteiger charge is -2.16. The molecular weight excluding hydrogens is 263 g/mol. The maximum Gasteiger partial charge on any atom is 0.128 e. The van der Waals surface area contributed by atoms with Gasteiger partial charge in [-0.3, -0.25) is 0 Å². The Morgan fingerprint density at radius 3 is 2.21 bits per heavy atom. The molecule has 2 aromatic rings. The molecule has 0 radical (unpaired) electrons. The van der Waals surface area contributed by atoms with E-state index in [-0.39, 0.29) is 5.82 Å². The number of aryl methyl sites for hydroxylation is 2. The number of ether oxygens (including phenoxy) is 1. The lowest BCUT2D eigenvalue weighted by molar-refractivity contribution is 0.410. The summed E-state index contributed by atoms with van der Waals surface area (Å²) in [6.07, 6.45) is 0. The Morgan fingerprint density at radius 1 is 1.00 bits per heavy atom. The number of halogens is 2. The number of methoxy groups -OCH3 is 1. The number of benzene rings is 2. The van der Waals surface area contributed by atoms with Gasteiger partial charge >= 0.3 is 0 Å². The molecule has 100 valence electrons. The molecule has 1 atom stereocenters. The molecule has 0 saturated carbocycles. The van der Waals surface area contributed by atoms with Gasteiger partial charge in [0.05, 0.1) is 12.5 Å². The van der Waals surface area contributed by atoms with Crippen molar-refractivity contribution in [3.63, 3.8) is 0 Å². The average Bonchev–Trinajstić information content (AvgIpc) is 2.40. The lowest BCUT2D eigenvalue weighted by atomic mass is 9.99. The summed E-state index contributed by atoms with van der Waals surface area (Å²) in [6, 6.07) is 10.7. The summed E-state index contributed by atoms with van der Waals surface area (Å²) in [5, 5.41) is -0.560. The van der Waals surface area contributed by atoms with Crippen LogP contribution in [0.2, 0.25) is 0 Å². The van der Waals surface area contributed by atoms with Gasteiger partial charge in [-0.15, -0.1) is 11.6 Å². The zero-order valence-electron chi connectivity index (χ0n) is 11.2. The van der Waals surface area contributed by atoms with Gasteiger partial charge in [-0.05, 0) is 26.0 Å². The third-order valence-electron chi connectivity index (χ3n) is 3.08. The SMILES string of the molecule is COc1ccc(C)cc1C(Cl)c1cc(C)ccc1F. The summed E-state index contributed by atoms with van der Waals surface area (Å²) in [7, 11) is 1.59. The van der Waals surface area contributed by atoms with Crippen LogP contribution in [0.4, 0.5) is 4.39 Å². The predicted octanol–water partition coefficient (Wildman–Crippen LogP) is 4.78. The van der Waals surface area contributed by atoms with Crippen LogP contribution in [0, 0.1) is 19.7 Å². The van der Waals surface area contributed by atoms with Gasteiger partial charge in [0.15, 0.2) is 0 Å². The van der Waals surface area contributed by atoms with Crippen molar-refractivity contribution in [2.24, 2.45) is 0 Å². The van der Waals surface area contributed by atoms with Crippen LogP contribution in [0.1, 0.15) is 27.6 Å². The number of hydrogen-bond donors (Lipinski definition) is 0. The van der Waals surface area contributed by atoms with Gasteiger partial charge in [-0.25, -0.2) is 4.39 Å². The molecule has 0 aliphatic carbocycles. The van der Waals surface area contributed by atoms with Gasteiger partial charge in [0.25, 0.3) is 0 Å². The highest BCUT2D eigenvalue weighted by molar-refractivity contribution is 6.22. The fourth-order valence-corrected chi connectivity index (χ4v) is 2.41. The molecule has 0 N–H and O–H groups in total. The summed E-state index contributed by atoms with van der Waals surface area (Å²) < 4.78 is 19.2. The summed E-state index contributed by atoms with van der Waals surface area (Å²) in [5.41, 5.74) is 3.31. The van der Waals surface area contributed by atoms with E-state index in [0.717, 1.165) is 16.7 Å². The van der Waals surface area contributed by atoms with Gasteiger partial charge in [0.2, 0.25) is 0 Å². The van der Waals surface area contributed by atoms with Crippen LogP contribution in [0.15, 0.2) is 36.4 Å². The second-order valence-electron chi connectivity index (χ2n) is 4.63. The van der Waals surface area contributed by atoms with Crippen molar-refractivity contribution in [3.05, 3.63) is 64.5 Å². The van der Waals surface area contributed by atoms with Gasteiger partial charge in [-0.2, -0.15) is 0 Å². The van der Waals surface area contributed by atoms with Crippen molar-refractivity contribution in [1.82, 2.24) is 0 Å². The monoisotopic (exact) mass is 278 g/mol. The van der Waals surface area contributed by atoms with Gasteiger partial charge in [0.1, 0.15) is 11.6 Å². The average molecular weight is 279 g/mol. The van der Waals surface area contributed by atoms with Crippen LogP contribution in [0.3, 0.4) is 0 Å². The fraction of sp³-hybridized carbons (Fsp3) is 0.250. The molecule has 2 aromatic carbocycles. The zero-order chi connectivity index (χ0) is 14.0. The highest BCUT2D eigenvalue weighted by Crippen LogP contribution is 2.37. The topological polar surface area (TPSA) is 9.23 Å². The van der Waals surface area contributed by atoms with Crippen LogP contribution in [0.25, 0.3) is 0 Å². The first kappa shape index (κ1) is 13.9. The second kappa shape index (κ2) is 5.62. The molecule has 0 aromatic heterocycles. The van der Waals surface area contributed by atoms with Crippen molar-refractivity contribution < 1.29 is 9.13 Å². The van der Waals surface area contributed by atoms with Crippen LogP contribution < -0.4 is 4.74 Å². The quantitative estimate of drug-likeness (QED) is 0.734. The molecule has 0 fully saturated rings. The Morgan fingerprint density at radius 2 is 1.58 bits per heavy atom. The van der Waals surface area contributed by atoms with E-state index in [0.29, 0.717) is 11.3 Å². The molecule has 1 unspecified atom stereocenters. The molecule has 0 amide bonds. The molecular formula is C16H16ClFO. The largest absolute Gasteiger partial charge is 0.496 e. The Hall–Kier alpha value is -1.54. The Balaban J connectivity index is 2.51. The van der Waals surface area contributed by atoms with Gasteiger partial charge < -0.3 is 4.74 Å². The molecule has 2 rings (SSSR count). The van der Waals surface area contributed by atoms with Crippen LogP contribution >= 0.6 is 11.6 Å². The van der Waals surface area contributed by atoms with Crippen LogP contribution in [-0.4, -0.2) is 7.11 Å². The highest BCUT2D eigenvalue weighted by atomic mass is 35.5. The van der Waals surface area contributed by atoms with E-state index in [4.69, 9.17) is 16.3 Å². The minimum atomic E-state index is -0.560. The van der Waals surface area contributed by atoms with Gasteiger partial charge in [-0.1, -0.05) is 35.4 Å². The summed E-state index contributed by atoms with van der Waals surface area (Å²) in [6.45, 7) is 3.89. The van der Waals surface area contributed by atoms with Crippen LogP contribution in [-0.2, 0) is 0 Å². The van der Waals surface area contributed by atoms with Crippen molar-refractivity contribution in [1.29, 1.82) is 0 Å². The van der Waals surface area contributed by atoms with Crippen molar-refractivity contribution >= 4 is 11.6 Å². The fourth-order valence-electron chi connectivity index (χ4n) is 2.08. The maximum atomic E-state index is 13.9. The number of alkyl halides is 1. The van der Waals surface area contributed by atoms with Crippen molar-refractivity contribution in [3.8, 4) is 5.75 Å². The molecule has 0 aliphatic rings. The molecule has 0 aliphatic heterocycles. The Bertz CT molecular complexity index is 595. The van der Waals surface area contributed by atoms with E-state index in [2.05, 4.69) is 0 Å². The molecule has 0 heterocycles. The first-order chi connectivity index (χ1) is 9.02. The first-order valence-corrected chi connectivity index (χ1v) is 6.51. The van der Waals surface area contributed by atoms with E-state index < -0.39 is 5.38 Å². The third-order valence-corrected chi connectivity index (χ3v) is 3.55.